The van der Waals surface area contributed by atoms with Crippen LogP contribution >= 0.6 is 0 Å². The van der Waals surface area contributed by atoms with Gasteiger partial charge in [-0.25, -0.2) is 4.39 Å². The summed E-state index contributed by atoms with van der Waals surface area (Å²) >= 11 is 0. The molecule has 0 spiro atoms. The van der Waals surface area contributed by atoms with Crippen molar-refractivity contribution in [1.29, 1.82) is 0 Å². The Morgan fingerprint density at radius 2 is 2.11 bits per heavy atom. The molecule has 3 nitrogen and oxygen atoms in total. The molecule has 0 heterocycles. The van der Waals surface area contributed by atoms with Crippen molar-refractivity contribution in [2.45, 2.75) is 44.7 Å². The standard InChI is InChI=1S/C14H19FN2O/c1-9-6-7-11(15)10(8-9)14(18)17-13-5-3-2-4-12(13)16/h6-8,12-13H,2-5,16H2,1H3,(H,17,18). The number of carbonyl (C=O) groups is 1. The first-order valence-corrected chi connectivity index (χ1v) is 6.40. The zero-order chi connectivity index (χ0) is 13.1. The van der Waals surface area contributed by atoms with Crippen LogP contribution in [0.3, 0.4) is 0 Å². The Morgan fingerprint density at radius 1 is 1.39 bits per heavy atom. The highest BCUT2D eigenvalue weighted by Crippen LogP contribution is 2.18. The van der Waals surface area contributed by atoms with Crippen molar-refractivity contribution in [2.75, 3.05) is 0 Å². The molecule has 1 aromatic rings. The predicted octanol–water partition coefficient (Wildman–Crippen LogP) is 2.13. The number of nitrogens with two attached hydrogens (primary N) is 1. The van der Waals surface area contributed by atoms with E-state index in [1.165, 1.54) is 6.07 Å². The predicted molar refractivity (Wildman–Crippen MR) is 68.8 cm³/mol. The van der Waals surface area contributed by atoms with Crippen molar-refractivity contribution in [1.82, 2.24) is 5.32 Å². The molecule has 1 aliphatic carbocycles. The Morgan fingerprint density at radius 3 is 2.83 bits per heavy atom. The normalized spacial score (nSPS) is 23.7. The Kier molecular flexibility index (Phi) is 3.97. The van der Waals surface area contributed by atoms with Gasteiger partial charge in [-0.3, -0.25) is 4.79 Å². The molecular formula is C14H19FN2O. The van der Waals surface area contributed by atoms with Crippen LogP contribution in [0.4, 0.5) is 4.39 Å². The van der Waals surface area contributed by atoms with Crippen molar-refractivity contribution in [3.63, 3.8) is 0 Å². The second-order valence-corrected chi connectivity index (χ2v) is 5.01. The van der Waals surface area contributed by atoms with Gasteiger partial charge in [-0.1, -0.05) is 24.5 Å². The van der Waals surface area contributed by atoms with E-state index in [9.17, 15) is 9.18 Å². The van der Waals surface area contributed by atoms with Crippen molar-refractivity contribution in [2.24, 2.45) is 5.73 Å². The van der Waals surface area contributed by atoms with Crippen LogP contribution in [0.1, 0.15) is 41.6 Å². The van der Waals surface area contributed by atoms with Crippen LogP contribution < -0.4 is 11.1 Å². The molecule has 0 saturated heterocycles. The number of halogens is 1. The molecule has 1 aromatic carbocycles. The summed E-state index contributed by atoms with van der Waals surface area (Å²) < 4.78 is 13.6. The molecule has 0 bridgehead atoms. The maximum absolute atomic E-state index is 13.6. The number of amides is 1. The van der Waals surface area contributed by atoms with Gasteiger partial charge in [0.25, 0.3) is 5.91 Å². The largest absolute Gasteiger partial charge is 0.348 e. The molecule has 1 saturated carbocycles. The molecule has 1 fully saturated rings. The first-order valence-electron chi connectivity index (χ1n) is 6.40. The molecule has 98 valence electrons. The molecule has 2 rings (SSSR count). The van der Waals surface area contributed by atoms with Crippen LogP contribution in [0.2, 0.25) is 0 Å². The van der Waals surface area contributed by atoms with Crippen LogP contribution in [-0.4, -0.2) is 18.0 Å². The fourth-order valence-electron chi connectivity index (χ4n) is 2.40. The van der Waals surface area contributed by atoms with Crippen LogP contribution in [-0.2, 0) is 0 Å². The number of hydrogen-bond donors (Lipinski definition) is 2. The third kappa shape index (κ3) is 2.88. The van der Waals surface area contributed by atoms with Gasteiger partial charge in [-0.15, -0.1) is 0 Å². The molecule has 18 heavy (non-hydrogen) atoms. The lowest BCUT2D eigenvalue weighted by Gasteiger charge is -2.29. The SMILES string of the molecule is Cc1ccc(F)c(C(=O)NC2CCCCC2N)c1. The number of nitrogens with one attached hydrogen (secondary N) is 1. The zero-order valence-electron chi connectivity index (χ0n) is 10.6. The lowest BCUT2D eigenvalue weighted by Crippen LogP contribution is -2.49. The van der Waals surface area contributed by atoms with Gasteiger partial charge in [0.15, 0.2) is 0 Å². The number of carbonyl (C=O) groups excluding carboxylic acids is 1. The van der Waals surface area contributed by atoms with Crippen LogP contribution in [0, 0.1) is 12.7 Å². The van der Waals surface area contributed by atoms with Crippen molar-refractivity contribution >= 4 is 5.91 Å². The number of rotatable bonds is 2. The first kappa shape index (κ1) is 13.0. The van der Waals surface area contributed by atoms with Crippen LogP contribution in [0.25, 0.3) is 0 Å². The van der Waals surface area contributed by atoms with Gasteiger partial charge in [-0.2, -0.15) is 0 Å². The van der Waals surface area contributed by atoms with Gasteiger partial charge in [0.1, 0.15) is 5.82 Å². The van der Waals surface area contributed by atoms with Gasteiger partial charge in [-0.05, 0) is 31.9 Å². The molecule has 0 aromatic heterocycles. The summed E-state index contributed by atoms with van der Waals surface area (Å²) in [5.41, 5.74) is 6.94. The van der Waals surface area contributed by atoms with E-state index in [-0.39, 0.29) is 23.6 Å². The molecular weight excluding hydrogens is 231 g/mol. The highest BCUT2D eigenvalue weighted by atomic mass is 19.1. The fourth-order valence-corrected chi connectivity index (χ4v) is 2.40. The van der Waals surface area contributed by atoms with Crippen molar-refractivity contribution < 1.29 is 9.18 Å². The Hall–Kier alpha value is -1.42. The second-order valence-electron chi connectivity index (χ2n) is 5.01. The van der Waals surface area contributed by atoms with Gasteiger partial charge >= 0.3 is 0 Å². The lowest BCUT2D eigenvalue weighted by atomic mass is 9.91. The van der Waals surface area contributed by atoms with E-state index in [0.29, 0.717) is 0 Å². The van der Waals surface area contributed by atoms with E-state index in [4.69, 9.17) is 5.73 Å². The number of benzene rings is 1. The molecule has 0 radical (unpaired) electrons. The quantitative estimate of drug-likeness (QED) is 0.845. The summed E-state index contributed by atoms with van der Waals surface area (Å²) in [5.74, 6) is -0.846. The average Bonchev–Trinajstić information content (AvgIpc) is 2.35. The second kappa shape index (κ2) is 5.48. The summed E-state index contributed by atoms with van der Waals surface area (Å²) in [6.07, 6.45) is 3.96. The van der Waals surface area contributed by atoms with Gasteiger partial charge in [0, 0.05) is 12.1 Å². The van der Waals surface area contributed by atoms with Crippen molar-refractivity contribution in [3.05, 3.63) is 35.1 Å². The van der Waals surface area contributed by atoms with E-state index >= 15 is 0 Å². The van der Waals surface area contributed by atoms with E-state index in [1.54, 1.807) is 12.1 Å². The third-order valence-electron chi connectivity index (χ3n) is 3.50. The maximum atomic E-state index is 13.6. The van der Waals surface area contributed by atoms with Gasteiger partial charge in [0.2, 0.25) is 0 Å². The highest BCUT2D eigenvalue weighted by Gasteiger charge is 2.24. The zero-order valence-corrected chi connectivity index (χ0v) is 10.6. The summed E-state index contributed by atoms with van der Waals surface area (Å²) in [5, 5.41) is 2.85. The smallest absolute Gasteiger partial charge is 0.254 e. The summed E-state index contributed by atoms with van der Waals surface area (Å²) in [7, 11) is 0. The molecule has 3 N–H and O–H groups in total. The highest BCUT2D eigenvalue weighted by molar-refractivity contribution is 5.94. The minimum atomic E-state index is -0.484. The molecule has 1 aliphatic rings. The fraction of sp³-hybridized carbons (Fsp3) is 0.500. The Labute approximate surface area is 107 Å². The summed E-state index contributed by atoms with van der Waals surface area (Å²) in [6, 6.07) is 4.49. The summed E-state index contributed by atoms with van der Waals surface area (Å²) in [4.78, 5) is 12.0. The minimum absolute atomic E-state index is 0.0180. The van der Waals surface area contributed by atoms with Gasteiger partial charge in [0.05, 0.1) is 5.56 Å². The number of hydrogen-bond acceptors (Lipinski definition) is 2. The summed E-state index contributed by atoms with van der Waals surface area (Å²) in [6.45, 7) is 1.84. The van der Waals surface area contributed by atoms with E-state index in [2.05, 4.69) is 5.32 Å². The van der Waals surface area contributed by atoms with E-state index in [1.807, 2.05) is 6.92 Å². The monoisotopic (exact) mass is 250 g/mol. The third-order valence-corrected chi connectivity index (χ3v) is 3.50. The Balaban J connectivity index is 2.09. The van der Waals surface area contributed by atoms with E-state index in [0.717, 1.165) is 31.2 Å². The topological polar surface area (TPSA) is 55.1 Å². The van der Waals surface area contributed by atoms with Crippen molar-refractivity contribution in [3.8, 4) is 0 Å². The lowest BCUT2D eigenvalue weighted by molar-refractivity contribution is 0.0917. The first-order chi connectivity index (χ1) is 8.58. The molecule has 2 atom stereocenters. The van der Waals surface area contributed by atoms with Crippen LogP contribution in [0.15, 0.2) is 18.2 Å². The Bertz CT molecular complexity index is 447. The molecule has 4 heteroatoms. The maximum Gasteiger partial charge on any atom is 0.254 e. The van der Waals surface area contributed by atoms with E-state index < -0.39 is 5.82 Å². The average molecular weight is 250 g/mol. The molecule has 2 unspecified atom stereocenters. The molecule has 0 aliphatic heterocycles. The molecule has 1 amide bonds. The minimum Gasteiger partial charge on any atom is -0.348 e. The van der Waals surface area contributed by atoms with Crippen LogP contribution in [0.5, 0.6) is 0 Å². The van der Waals surface area contributed by atoms with Gasteiger partial charge < -0.3 is 11.1 Å². The number of aryl methyl sites for hydroxylation is 1.